The predicted octanol–water partition coefficient (Wildman–Crippen LogP) is 2.50. The summed E-state index contributed by atoms with van der Waals surface area (Å²) in [6.45, 7) is 6.00. The number of hydrogen-bond acceptors (Lipinski definition) is 18. The summed E-state index contributed by atoms with van der Waals surface area (Å²) in [5.41, 5.74) is 0.650. The maximum absolute atomic E-state index is 12.0. The molecule has 0 atom stereocenters. The third kappa shape index (κ3) is 10.1. The zero-order valence-electron chi connectivity index (χ0n) is 23.8. The number of pyridine rings is 3. The molecule has 5 aromatic heterocycles. The molecule has 6 heterocycles. The Labute approximate surface area is 255 Å². The number of halogens is 1. The number of aromatic nitrogens is 11. The Kier molecular flexibility index (Phi) is 11.7. The average molecular weight is 638 g/mol. The molecule has 0 radical (unpaired) electrons. The average Bonchev–Trinajstić information content (AvgIpc) is 3.81. The fraction of sp³-hybridized carbons (Fsp3) is 0.182. The Bertz CT molecular complexity index is 1840. The molecule has 23 nitrogen and oxygen atoms in total. The van der Waals surface area contributed by atoms with Crippen molar-refractivity contribution in [3.8, 4) is 11.6 Å². The summed E-state index contributed by atoms with van der Waals surface area (Å²) in [6.07, 6.45) is 3.18. The van der Waals surface area contributed by atoms with Crippen molar-refractivity contribution in [2.75, 3.05) is 6.54 Å². The number of nitro groups is 3. The van der Waals surface area contributed by atoms with Crippen molar-refractivity contribution in [2.24, 2.45) is 15.4 Å². The van der Waals surface area contributed by atoms with E-state index in [1.807, 2.05) is 6.92 Å². The third-order valence-electron chi connectivity index (χ3n) is 4.95. The first-order valence-corrected chi connectivity index (χ1v) is 12.3. The lowest BCUT2D eigenvalue weighted by Crippen LogP contribution is -2.02. The summed E-state index contributed by atoms with van der Waals surface area (Å²) in [6, 6.07) is 7.63. The Morgan fingerprint density at radius 2 is 1.30 bits per heavy atom. The van der Waals surface area contributed by atoms with Crippen molar-refractivity contribution in [1.82, 2.24) is 55.4 Å². The molecule has 5 aromatic rings. The minimum atomic E-state index is -0.717. The van der Waals surface area contributed by atoms with Crippen LogP contribution in [0.1, 0.15) is 18.6 Å². The molecule has 46 heavy (non-hydrogen) atoms. The Hall–Kier alpha value is -7.01. The second-order valence-corrected chi connectivity index (χ2v) is 8.35. The molecule has 0 bridgehead atoms. The highest BCUT2D eigenvalue weighted by atomic mass is 19.1. The van der Waals surface area contributed by atoms with Gasteiger partial charge in [-0.1, -0.05) is 0 Å². The SMILES string of the molecule is CC1=NN=NC1.Cc1nnn(-c2ccc([N+](=O)[O-])cn2)n1.Cc1nnnn1-c1ccc([N+](=O)[O-])cn1.O=[N+]([O-])c1ccc(F)nc1. The fourth-order valence-electron chi connectivity index (χ4n) is 2.79. The van der Waals surface area contributed by atoms with Crippen molar-refractivity contribution in [1.29, 1.82) is 0 Å². The zero-order valence-corrected chi connectivity index (χ0v) is 23.8. The van der Waals surface area contributed by atoms with Crippen LogP contribution in [0.25, 0.3) is 11.6 Å². The molecule has 0 fully saturated rings. The zero-order chi connectivity index (χ0) is 33.6. The number of rotatable bonds is 5. The van der Waals surface area contributed by atoms with Crippen molar-refractivity contribution >= 4 is 22.8 Å². The summed E-state index contributed by atoms with van der Waals surface area (Å²) in [7, 11) is 0. The van der Waals surface area contributed by atoms with Crippen LogP contribution in [0.5, 0.6) is 0 Å². The molecule has 0 spiro atoms. The van der Waals surface area contributed by atoms with Gasteiger partial charge in [-0.2, -0.15) is 14.2 Å². The van der Waals surface area contributed by atoms with Gasteiger partial charge in [0.05, 0.1) is 20.5 Å². The van der Waals surface area contributed by atoms with E-state index < -0.39 is 20.7 Å². The highest BCUT2D eigenvalue weighted by molar-refractivity contribution is 5.84. The van der Waals surface area contributed by atoms with Crippen LogP contribution in [-0.2, 0) is 0 Å². The maximum atomic E-state index is 12.0. The molecule has 236 valence electrons. The molecular formula is C22H20FN17O6. The van der Waals surface area contributed by atoms with Gasteiger partial charge in [-0.25, -0.2) is 15.0 Å². The summed E-state index contributed by atoms with van der Waals surface area (Å²) < 4.78 is 13.4. The molecule has 0 saturated heterocycles. The van der Waals surface area contributed by atoms with Crippen molar-refractivity contribution < 1.29 is 19.2 Å². The smallest absolute Gasteiger partial charge is 0.258 e. The third-order valence-corrected chi connectivity index (χ3v) is 4.95. The molecular weight excluding hydrogens is 617 g/mol. The first-order chi connectivity index (χ1) is 21.9. The molecule has 0 unspecified atom stereocenters. The number of nitrogens with zero attached hydrogens (tertiary/aromatic N) is 17. The minimum Gasteiger partial charge on any atom is -0.258 e. The van der Waals surface area contributed by atoms with E-state index in [1.165, 1.54) is 33.7 Å². The number of aryl methyl sites for hydroxylation is 2. The topological polar surface area (TPSA) is 292 Å². The van der Waals surface area contributed by atoms with Crippen LogP contribution >= 0.6 is 0 Å². The quantitative estimate of drug-likeness (QED) is 0.152. The van der Waals surface area contributed by atoms with Gasteiger partial charge in [-0.05, 0) is 59.8 Å². The van der Waals surface area contributed by atoms with Crippen LogP contribution in [0.4, 0.5) is 21.5 Å². The van der Waals surface area contributed by atoms with E-state index in [0.717, 1.165) is 36.4 Å². The highest BCUT2D eigenvalue weighted by Gasteiger charge is 2.09. The first kappa shape index (κ1) is 33.5. The van der Waals surface area contributed by atoms with Gasteiger partial charge in [-0.3, -0.25) is 30.3 Å². The van der Waals surface area contributed by atoms with Gasteiger partial charge in [0.1, 0.15) is 25.1 Å². The van der Waals surface area contributed by atoms with E-state index in [4.69, 9.17) is 0 Å². The highest BCUT2D eigenvalue weighted by Crippen LogP contribution is 2.12. The van der Waals surface area contributed by atoms with Crippen LogP contribution < -0.4 is 0 Å². The van der Waals surface area contributed by atoms with E-state index in [-0.39, 0.29) is 17.1 Å². The Morgan fingerprint density at radius 1 is 0.739 bits per heavy atom. The lowest BCUT2D eigenvalue weighted by Gasteiger charge is -1.98. The monoisotopic (exact) mass is 637 g/mol. The summed E-state index contributed by atoms with van der Waals surface area (Å²) in [5.74, 6) is 1.20. The van der Waals surface area contributed by atoms with Crippen LogP contribution in [0.3, 0.4) is 0 Å². The molecule has 6 rings (SSSR count). The van der Waals surface area contributed by atoms with Gasteiger partial charge in [0.2, 0.25) is 5.95 Å². The van der Waals surface area contributed by atoms with Crippen molar-refractivity contribution in [3.05, 3.63) is 103 Å². The second-order valence-electron chi connectivity index (χ2n) is 8.35. The summed E-state index contributed by atoms with van der Waals surface area (Å²) in [5, 5.41) is 63.4. The van der Waals surface area contributed by atoms with Crippen LogP contribution in [0.15, 0.2) is 70.4 Å². The molecule has 0 aromatic carbocycles. The molecule has 0 saturated carbocycles. The fourth-order valence-corrected chi connectivity index (χ4v) is 2.79. The van der Waals surface area contributed by atoms with Gasteiger partial charge in [0.25, 0.3) is 17.1 Å². The van der Waals surface area contributed by atoms with Crippen molar-refractivity contribution in [3.63, 3.8) is 0 Å². The summed E-state index contributed by atoms with van der Waals surface area (Å²) >= 11 is 0. The second kappa shape index (κ2) is 16.0. The van der Waals surface area contributed by atoms with Crippen LogP contribution in [-0.4, -0.2) is 82.4 Å². The van der Waals surface area contributed by atoms with E-state index in [2.05, 4.69) is 61.3 Å². The van der Waals surface area contributed by atoms with E-state index >= 15 is 0 Å². The molecule has 0 aliphatic carbocycles. The molecule has 1 aliphatic rings. The largest absolute Gasteiger partial charge is 0.287 e. The lowest BCUT2D eigenvalue weighted by molar-refractivity contribution is -0.385. The molecule has 1 aliphatic heterocycles. The predicted molar refractivity (Wildman–Crippen MR) is 150 cm³/mol. The Balaban J connectivity index is 0.000000175. The standard InChI is InChI=1S/2C7H6N6O2.C5H3FN2O2.C3H5N3/c1-5-9-10-11-12(5)7-3-2-6(4-8-7)13(14)15;1-5-9-11-12(10-5)7-3-2-6(4-8-7)13(14)15;6-5-2-1-4(3-7-5)8(9)10;1-3-2-4-6-5-3/h2*2-4H,1H3;1-3H;2H2,1H3. The van der Waals surface area contributed by atoms with Crippen molar-refractivity contribution in [2.45, 2.75) is 20.8 Å². The number of hydrogen-bond donors (Lipinski definition) is 0. The first-order valence-electron chi connectivity index (χ1n) is 12.3. The number of tetrazole rings is 2. The minimum absolute atomic E-state index is 0.0653. The van der Waals surface area contributed by atoms with Crippen LogP contribution in [0, 0.1) is 50.1 Å². The molecule has 0 amide bonds. The normalized spacial score (nSPS) is 11.1. The van der Waals surface area contributed by atoms with Gasteiger partial charge in [-0.15, -0.1) is 25.2 Å². The van der Waals surface area contributed by atoms with Gasteiger partial charge >= 0.3 is 0 Å². The lowest BCUT2D eigenvalue weighted by atomic mass is 10.4. The van der Waals surface area contributed by atoms with E-state index in [9.17, 15) is 34.7 Å². The van der Waals surface area contributed by atoms with Gasteiger partial charge in [0, 0.05) is 18.2 Å². The Morgan fingerprint density at radius 3 is 1.65 bits per heavy atom. The molecule has 24 heteroatoms. The summed E-state index contributed by atoms with van der Waals surface area (Å²) in [4.78, 5) is 41.1. The van der Waals surface area contributed by atoms with Crippen LogP contribution in [0.2, 0.25) is 0 Å². The molecule has 0 N–H and O–H groups in total. The van der Waals surface area contributed by atoms with E-state index in [1.54, 1.807) is 13.8 Å². The van der Waals surface area contributed by atoms with Gasteiger partial charge in [0.15, 0.2) is 23.3 Å². The van der Waals surface area contributed by atoms with E-state index in [0.29, 0.717) is 29.8 Å². The maximum Gasteiger partial charge on any atom is 0.287 e. The van der Waals surface area contributed by atoms with Gasteiger partial charge < -0.3 is 0 Å².